The van der Waals surface area contributed by atoms with Crippen molar-refractivity contribution in [3.8, 4) is 5.69 Å². The van der Waals surface area contributed by atoms with Crippen molar-refractivity contribution in [1.82, 2.24) is 14.9 Å². The van der Waals surface area contributed by atoms with Gasteiger partial charge in [-0.15, -0.1) is 0 Å². The predicted octanol–water partition coefficient (Wildman–Crippen LogP) is 1.29. The second-order valence-corrected chi connectivity index (χ2v) is 5.51. The van der Waals surface area contributed by atoms with Gasteiger partial charge >= 0.3 is 6.09 Å². The molecular formula is C16H15FN4O4. The second-order valence-electron chi connectivity index (χ2n) is 5.51. The van der Waals surface area contributed by atoms with Crippen LogP contribution in [-0.2, 0) is 9.53 Å². The molecule has 8 nitrogen and oxygen atoms in total. The molecule has 3 rings (SSSR count). The number of nitrogens with one attached hydrogen (secondary N) is 1. The molecule has 1 aromatic heterocycles. The fraction of sp³-hybridized carbons (Fsp3) is 0.250. The van der Waals surface area contributed by atoms with E-state index in [-0.39, 0.29) is 30.4 Å². The lowest BCUT2D eigenvalue weighted by Gasteiger charge is -2.14. The molecule has 2 amide bonds. The Morgan fingerprint density at radius 2 is 2.32 bits per heavy atom. The summed E-state index contributed by atoms with van der Waals surface area (Å²) in [6, 6.07) is 4.26. The van der Waals surface area contributed by atoms with E-state index < -0.39 is 18.0 Å². The minimum Gasteiger partial charge on any atom is -0.442 e. The molecule has 0 spiro atoms. The quantitative estimate of drug-likeness (QED) is 0.824. The summed E-state index contributed by atoms with van der Waals surface area (Å²) in [4.78, 5) is 38.7. The first-order chi connectivity index (χ1) is 12.0. The van der Waals surface area contributed by atoms with Gasteiger partial charge in [0.15, 0.2) is 6.29 Å². The first kappa shape index (κ1) is 16.6. The average molecular weight is 346 g/mol. The number of halogens is 1. The van der Waals surface area contributed by atoms with E-state index >= 15 is 0 Å². The van der Waals surface area contributed by atoms with Crippen LogP contribution in [0.1, 0.15) is 17.4 Å². The van der Waals surface area contributed by atoms with E-state index in [0.717, 1.165) is 0 Å². The van der Waals surface area contributed by atoms with E-state index in [1.807, 2.05) is 0 Å². The number of hydrogen-bond donors (Lipinski definition) is 1. The lowest BCUT2D eigenvalue weighted by atomic mass is 10.2. The van der Waals surface area contributed by atoms with Gasteiger partial charge in [0.1, 0.15) is 23.9 Å². The van der Waals surface area contributed by atoms with E-state index in [0.29, 0.717) is 12.0 Å². The SMILES string of the molecule is CC(=O)NC[C@H]1CN(c2ccc(-n3cnc(C=O)c3)c(F)c2)C(=O)O1. The molecule has 0 aliphatic carbocycles. The molecule has 2 aromatic rings. The van der Waals surface area contributed by atoms with Gasteiger partial charge < -0.3 is 14.6 Å². The molecule has 1 saturated heterocycles. The summed E-state index contributed by atoms with van der Waals surface area (Å²) >= 11 is 0. The molecule has 1 aliphatic rings. The molecule has 0 saturated carbocycles. The first-order valence-electron chi connectivity index (χ1n) is 7.49. The Morgan fingerprint density at radius 3 is 2.96 bits per heavy atom. The summed E-state index contributed by atoms with van der Waals surface area (Å²) in [6.45, 7) is 1.77. The highest BCUT2D eigenvalue weighted by Gasteiger charge is 2.32. The zero-order chi connectivity index (χ0) is 18.0. The van der Waals surface area contributed by atoms with Crippen LogP contribution < -0.4 is 10.2 Å². The fourth-order valence-electron chi connectivity index (χ4n) is 2.50. The number of cyclic esters (lactones) is 1. The number of carbonyl (C=O) groups is 3. The van der Waals surface area contributed by atoms with Crippen LogP contribution in [0.15, 0.2) is 30.7 Å². The predicted molar refractivity (Wildman–Crippen MR) is 85.2 cm³/mol. The smallest absolute Gasteiger partial charge is 0.414 e. The van der Waals surface area contributed by atoms with Crippen LogP contribution in [0.5, 0.6) is 0 Å². The lowest BCUT2D eigenvalue weighted by Crippen LogP contribution is -2.33. The minimum absolute atomic E-state index is 0.187. The number of aromatic nitrogens is 2. The summed E-state index contributed by atoms with van der Waals surface area (Å²) in [7, 11) is 0. The maximum Gasteiger partial charge on any atom is 0.414 e. The van der Waals surface area contributed by atoms with Crippen LogP contribution in [0, 0.1) is 5.82 Å². The van der Waals surface area contributed by atoms with Gasteiger partial charge in [-0.25, -0.2) is 14.2 Å². The number of nitrogens with zero attached hydrogens (tertiary/aromatic N) is 3. The molecule has 0 unspecified atom stereocenters. The van der Waals surface area contributed by atoms with Crippen molar-refractivity contribution in [3.05, 3.63) is 42.2 Å². The number of carbonyl (C=O) groups excluding carboxylic acids is 3. The van der Waals surface area contributed by atoms with Crippen LogP contribution in [0.3, 0.4) is 0 Å². The summed E-state index contributed by atoms with van der Waals surface area (Å²) in [5.41, 5.74) is 0.728. The van der Waals surface area contributed by atoms with Gasteiger partial charge in [0, 0.05) is 13.1 Å². The van der Waals surface area contributed by atoms with Crippen molar-refractivity contribution in [2.75, 3.05) is 18.0 Å². The van der Waals surface area contributed by atoms with Crippen LogP contribution in [-0.4, -0.2) is 47.0 Å². The number of hydrogen-bond acceptors (Lipinski definition) is 5. The first-order valence-corrected chi connectivity index (χ1v) is 7.49. The van der Waals surface area contributed by atoms with Crippen molar-refractivity contribution in [2.24, 2.45) is 0 Å². The van der Waals surface area contributed by atoms with Gasteiger partial charge in [0.25, 0.3) is 0 Å². The Balaban J connectivity index is 1.77. The van der Waals surface area contributed by atoms with E-state index in [4.69, 9.17) is 4.74 Å². The third-order valence-corrected chi connectivity index (χ3v) is 3.70. The lowest BCUT2D eigenvalue weighted by molar-refractivity contribution is -0.119. The van der Waals surface area contributed by atoms with Gasteiger partial charge in [-0.3, -0.25) is 14.5 Å². The number of anilines is 1. The maximum atomic E-state index is 14.4. The summed E-state index contributed by atoms with van der Waals surface area (Å²) in [5.74, 6) is -0.801. The number of aldehydes is 1. The molecule has 2 heterocycles. The highest BCUT2D eigenvalue weighted by molar-refractivity contribution is 5.90. The van der Waals surface area contributed by atoms with E-state index in [2.05, 4.69) is 10.3 Å². The highest BCUT2D eigenvalue weighted by atomic mass is 19.1. The Hall–Kier alpha value is -3.23. The Labute approximate surface area is 142 Å². The zero-order valence-corrected chi connectivity index (χ0v) is 13.3. The molecule has 1 atom stereocenters. The zero-order valence-electron chi connectivity index (χ0n) is 13.3. The normalized spacial score (nSPS) is 16.6. The summed E-state index contributed by atoms with van der Waals surface area (Å²) in [6.07, 6.45) is 2.20. The van der Waals surface area contributed by atoms with Gasteiger partial charge in [-0.05, 0) is 18.2 Å². The number of ether oxygens (including phenoxy) is 1. The van der Waals surface area contributed by atoms with Gasteiger partial charge in [0.2, 0.25) is 5.91 Å². The van der Waals surface area contributed by atoms with Crippen LogP contribution in [0.2, 0.25) is 0 Å². The third-order valence-electron chi connectivity index (χ3n) is 3.70. The Kier molecular flexibility index (Phi) is 4.46. The van der Waals surface area contributed by atoms with Crippen LogP contribution in [0.4, 0.5) is 14.9 Å². The molecule has 1 fully saturated rings. The summed E-state index contributed by atoms with van der Waals surface area (Å²) < 4.78 is 20.9. The Morgan fingerprint density at radius 1 is 1.52 bits per heavy atom. The Bertz CT molecular complexity index is 835. The third kappa shape index (κ3) is 3.49. The number of rotatable bonds is 5. The van der Waals surface area contributed by atoms with Crippen molar-refractivity contribution in [1.29, 1.82) is 0 Å². The van der Waals surface area contributed by atoms with Gasteiger partial charge in [-0.1, -0.05) is 0 Å². The molecule has 25 heavy (non-hydrogen) atoms. The van der Waals surface area contributed by atoms with Gasteiger partial charge in [-0.2, -0.15) is 0 Å². The van der Waals surface area contributed by atoms with Crippen molar-refractivity contribution in [2.45, 2.75) is 13.0 Å². The van der Waals surface area contributed by atoms with Crippen molar-refractivity contribution in [3.63, 3.8) is 0 Å². The molecule has 1 aromatic carbocycles. The standard InChI is InChI=1S/C16H15FN4O4/c1-10(23)18-5-13-7-21(16(24)25-13)12-2-3-15(14(17)4-12)20-6-11(8-22)19-9-20/h2-4,6,8-9,13H,5,7H2,1H3,(H,18,23)/t13-/m0/s1. The van der Waals surface area contributed by atoms with Crippen LogP contribution >= 0.6 is 0 Å². The molecule has 130 valence electrons. The fourth-order valence-corrected chi connectivity index (χ4v) is 2.50. The van der Waals surface area contributed by atoms with E-state index in [1.54, 1.807) is 6.07 Å². The van der Waals surface area contributed by atoms with Crippen molar-refractivity contribution < 1.29 is 23.5 Å². The monoisotopic (exact) mass is 346 g/mol. The number of amides is 2. The largest absolute Gasteiger partial charge is 0.442 e. The van der Waals surface area contributed by atoms with Gasteiger partial charge in [0.05, 0.1) is 24.5 Å². The highest BCUT2D eigenvalue weighted by Crippen LogP contribution is 2.25. The van der Waals surface area contributed by atoms with Crippen LogP contribution in [0.25, 0.3) is 5.69 Å². The van der Waals surface area contributed by atoms with E-state index in [1.165, 1.54) is 41.0 Å². The van der Waals surface area contributed by atoms with Crippen molar-refractivity contribution >= 4 is 24.0 Å². The number of imidazole rings is 1. The van der Waals surface area contributed by atoms with E-state index in [9.17, 15) is 18.8 Å². The molecule has 1 aliphatic heterocycles. The minimum atomic E-state index is -0.603. The summed E-state index contributed by atoms with van der Waals surface area (Å²) in [5, 5.41) is 2.57. The molecule has 1 N–H and O–H groups in total. The molecular weight excluding hydrogens is 331 g/mol. The maximum absolute atomic E-state index is 14.4. The average Bonchev–Trinajstić information content (AvgIpc) is 3.19. The number of benzene rings is 1. The topological polar surface area (TPSA) is 93.5 Å². The molecule has 0 radical (unpaired) electrons. The second kappa shape index (κ2) is 6.71. The molecule has 9 heteroatoms. The molecule has 0 bridgehead atoms.